The number of thioether (sulfide) groups is 1. The Labute approximate surface area is 94.8 Å². The molecule has 0 aliphatic carbocycles. The average molecular weight is 248 g/mol. The number of rotatable bonds is 1. The fourth-order valence-corrected chi connectivity index (χ4v) is 4.42. The molecule has 0 amide bonds. The summed E-state index contributed by atoms with van der Waals surface area (Å²) in [7, 11) is -2.81. The highest BCUT2D eigenvalue weighted by molar-refractivity contribution is 8.14. The van der Waals surface area contributed by atoms with Crippen LogP contribution in [0, 0.1) is 0 Å². The molecule has 6 heteroatoms. The number of aliphatic imine (C=N–C) groups is 1. The lowest BCUT2D eigenvalue weighted by Crippen LogP contribution is -2.42. The predicted molar refractivity (Wildman–Crippen MR) is 64.2 cm³/mol. The third kappa shape index (κ3) is 3.11. The van der Waals surface area contributed by atoms with Gasteiger partial charge < -0.3 is 5.32 Å². The lowest BCUT2D eigenvalue weighted by atomic mass is 10.2. The first-order valence-corrected chi connectivity index (χ1v) is 7.93. The molecule has 0 radical (unpaired) electrons. The molecule has 0 saturated carbocycles. The van der Waals surface area contributed by atoms with Gasteiger partial charge in [-0.25, -0.2) is 8.42 Å². The molecule has 1 N–H and O–H groups in total. The van der Waals surface area contributed by atoms with E-state index in [2.05, 4.69) is 17.2 Å². The van der Waals surface area contributed by atoms with E-state index in [-0.39, 0.29) is 11.8 Å². The minimum atomic E-state index is -2.81. The second-order valence-electron chi connectivity index (χ2n) is 4.17. The number of amidine groups is 1. The number of nitrogens with one attached hydrogen (secondary N) is 1. The Morgan fingerprint density at radius 3 is 2.93 bits per heavy atom. The molecule has 0 bridgehead atoms. The molecule has 2 aliphatic rings. The van der Waals surface area contributed by atoms with E-state index in [0.29, 0.717) is 11.0 Å². The number of sulfone groups is 1. The van der Waals surface area contributed by atoms with Gasteiger partial charge in [0.1, 0.15) is 0 Å². The summed E-state index contributed by atoms with van der Waals surface area (Å²) in [5.41, 5.74) is 0. The molecule has 2 unspecified atom stereocenters. The molecule has 86 valence electrons. The topological polar surface area (TPSA) is 58.5 Å². The van der Waals surface area contributed by atoms with Gasteiger partial charge in [-0.2, -0.15) is 0 Å². The van der Waals surface area contributed by atoms with Crippen LogP contribution in [0.1, 0.15) is 19.8 Å². The van der Waals surface area contributed by atoms with Crippen molar-refractivity contribution in [2.24, 2.45) is 4.99 Å². The van der Waals surface area contributed by atoms with Crippen LogP contribution in [0.15, 0.2) is 4.99 Å². The van der Waals surface area contributed by atoms with E-state index in [0.717, 1.165) is 24.6 Å². The maximum Gasteiger partial charge on any atom is 0.157 e. The van der Waals surface area contributed by atoms with E-state index in [1.807, 2.05) is 0 Å². The maximum atomic E-state index is 11.4. The van der Waals surface area contributed by atoms with Crippen molar-refractivity contribution in [3.63, 3.8) is 0 Å². The first-order valence-electron chi connectivity index (χ1n) is 5.23. The molecule has 0 aromatic rings. The zero-order chi connectivity index (χ0) is 10.9. The first kappa shape index (κ1) is 11.3. The molecule has 0 aromatic heterocycles. The molecular weight excluding hydrogens is 232 g/mol. The summed E-state index contributed by atoms with van der Waals surface area (Å²) < 4.78 is 22.8. The van der Waals surface area contributed by atoms with Gasteiger partial charge >= 0.3 is 0 Å². The fraction of sp³-hybridized carbons (Fsp3) is 0.889. The van der Waals surface area contributed by atoms with Crippen LogP contribution < -0.4 is 5.32 Å². The highest BCUT2D eigenvalue weighted by atomic mass is 32.2. The van der Waals surface area contributed by atoms with Crippen molar-refractivity contribution in [3.05, 3.63) is 0 Å². The van der Waals surface area contributed by atoms with E-state index in [4.69, 9.17) is 0 Å². The van der Waals surface area contributed by atoms with Crippen LogP contribution in [0.3, 0.4) is 0 Å². The summed E-state index contributed by atoms with van der Waals surface area (Å²) in [6.07, 6.45) is 1.71. The van der Waals surface area contributed by atoms with Gasteiger partial charge in [-0.15, -0.1) is 0 Å². The molecule has 1 saturated heterocycles. The molecule has 2 heterocycles. The SMILES string of the molecule is CC1CN=C(NC2CCCS(=O)(=O)C2)S1. The van der Waals surface area contributed by atoms with Gasteiger partial charge in [0.25, 0.3) is 0 Å². The van der Waals surface area contributed by atoms with Gasteiger partial charge in [-0.3, -0.25) is 4.99 Å². The minimum absolute atomic E-state index is 0.0697. The monoisotopic (exact) mass is 248 g/mol. The van der Waals surface area contributed by atoms with Crippen LogP contribution in [0.5, 0.6) is 0 Å². The molecule has 1 fully saturated rings. The summed E-state index contributed by atoms with van der Waals surface area (Å²) in [6, 6.07) is 0.0697. The Morgan fingerprint density at radius 1 is 1.53 bits per heavy atom. The normalized spacial score (nSPS) is 34.9. The Balaban J connectivity index is 1.90. The smallest absolute Gasteiger partial charge is 0.157 e. The van der Waals surface area contributed by atoms with E-state index in [9.17, 15) is 8.42 Å². The van der Waals surface area contributed by atoms with Crippen molar-refractivity contribution >= 4 is 26.8 Å². The van der Waals surface area contributed by atoms with Crippen molar-refractivity contribution in [2.75, 3.05) is 18.1 Å². The van der Waals surface area contributed by atoms with Gasteiger partial charge in [0.15, 0.2) is 15.0 Å². The van der Waals surface area contributed by atoms with Gasteiger partial charge in [0, 0.05) is 11.3 Å². The number of hydrogen-bond acceptors (Lipinski definition) is 5. The van der Waals surface area contributed by atoms with Crippen LogP contribution >= 0.6 is 11.8 Å². The van der Waals surface area contributed by atoms with Crippen LogP contribution in [0.2, 0.25) is 0 Å². The van der Waals surface area contributed by atoms with E-state index >= 15 is 0 Å². The number of nitrogens with zero attached hydrogens (tertiary/aromatic N) is 1. The van der Waals surface area contributed by atoms with Crippen molar-refractivity contribution in [3.8, 4) is 0 Å². The van der Waals surface area contributed by atoms with Crippen LogP contribution in [-0.2, 0) is 9.84 Å². The summed E-state index contributed by atoms with van der Waals surface area (Å²) in [5.74, 6) is 0.613. The Morgan fingerprint density at radius 2 is 2.33 bits per heavy atom. The molecule has 2 rings (SSSR count). The van der Waals surface area contributed by atoms with Gasteiger partial charge in [0.05, 0.1) is 18.1 Å². The third-order valence-corrected chi connectivity index (χ3v) is 5.44. The van der Waals surface area contributed by atoms with E-state index in [1.54, 1.807) is 11.8 Å². The van der Waals surface area contributed by atoms with Crippen molar-refractivity contribution < 1.29 is 8.42 Å². The first-order chi connectivity index (χ1) is 7.05. The molecule has 2 aliphatic heterocycles. The minimum Gasteiger partial charge on any atom is -0.361 e. The van der Waals surface area contributed by atoms with Crippen molar-refractivity contribution in [2.45, 2.75) is 31.1 Å². The lowest BCUT2D eigenvalue weighted by Gasteiger charge is -2.23. The molecule has 15 heavy (non-hydrogen) atoms. The largest absolute Gasteiger partial charge is 0.361 e. The molecule has 2 atom stereocenters. The average Bonchev–Trinajstić information content (AvgIpc) is 2.49. The highest BCUT2D eigenvalue weighted by Gasteiger charge is 2.26. The quantitative estimate of drug-likeness (QED) is 0.740. The molecule has 0 spiro atoms. The van der Waals surface area contributed by atoms with E-state index < -0.39 is 9.84 Å². The second-order valence-corrected chi connectivity index (χ2v) is 7.83. The zero-order valence-electron chi connectivity index (χ0n) is 8.77. The van der Waals surface area contributed by atoms with Gasteiger partial charge in [-0.1, -0.05) is 18.7 Å². The maximum absolute atomic E-state index is 11.4. The number of hydrogen-bond donors (Lipinski definition) is 1. The highest BCUT2D eigenvalue weighted by Crippen LogP contribution is 2.20. The molecular formula is C9H16N2O2S2. The van der Waals surface area contributed by atoms with Crippen LogP contribution in [-0.4, -0.2) is 42.9 Å². The van der Waals surface area contributed by atoms with E-state index in [1.165, 1.54) is 0 Å². The molecule has 0 aromatic carbocycles. The standard InChI is InChI=1S/C9H16N2O2S2/c1-7-5-10-9(14-7)11-8-3-2-4-15(12,13)6-8/h7-8H,2-6H2,1H3,(H,10,11). The Bertz CT molecular complexity index is 364. The van der Waals surface area contributed by atoms with Gasteiger partial charge in [0.2, 0.25) is 0 Å². The summed E-state index contributed by atoms with van der Waals surface area (Å²) in [4.78, 5) is 4.33. The molecule has 4 nitrogen and oxygen atoms in total. The summed E-state index contributed by atoms with van der Waals surface area (Å²) >= 11 is 1.70. The summed E-state index contributed by atoms with van der Waals surface area (Å²) in [5, 5.41) is 4.68. The Kier molecular flexibility index (Phi) is 3.25. The van der Waals surface area contributed by atoms with Crippen molar-refractivity contribution in [1.29, 1.82) is 0 Å². The zero-order valence-corrected chi connectivity index (χ0v) is 10.4. The van der Waals surface area contributed by atoms with Crippen LogP contribution in [0.4, 0.5) is 0 Å². The van der Waals surface area contributed by atoms with Crippen molar-refractivity contribution in [1.82, 2.24) is 5.32 Å². The predicted octanol–water partition coefficient (Wildman–Crippen LogP) is 0.645. The fourth-order valence-electron chi connectivity index (χ4n) is 1.87. The van der Waals surface area contributed by atoms with Gasteiger partial charge in [-0.05, 0) is 12.8 Å². The second kappa shape index (κ2) is 4.33. The third-order valence-electron chi connectivity index (χ3n) is 2.60. The summed E-state index contributed by atoms with van der Waals surface area (Å²) in [6.45, 7) is 2.97. The lowest BCUT2D eigenvalue weighted by molar-refractivity contribution is 0.533. The Hall–Kier alpha value is -0.230. The van der Waals surface area contributed by atoms with Crippen LogP contribution in [0.25, 0.3) is 0 Å².